The second kappa shape index (κ2) is 6.50. The highest BCUT2D eigenvalue weighted by Gasteiger charge is 2.46. The Bertz CT molecular complexity index is 1410. The van der Waals surface area contributed by atoms with Gasteiger partial charge in [-0.05, 0) is 92.4 Å². The second-order valence-electron chi connectivity index (χ2n) is 9.33. The van der Waals surface area contributed by atoms with E-state index in [0.717, 1.165) is 47.4 Å². The molecule has 6 rings (SSSR count). The molecule has 1 aliphatic heterocycles. The molecule has 5 nitrogen and oxygen atoms in total. The number of imidazole rings is 1. The Balaban J connectivity index is 1.45. The summed E-state index contributed by atoms with van der Waals surface area (Å²) in [5.74, 6) is -0.457. The summed E-state index contributed by atoms with van der Waals surface area (Å²) in [6.45, 7) is 4.87. The molecule has 2 aliphatic rings. The van der Waals surface area contributed by atoms with Gasteiger partial charge in [-0.2, -0.15) is 0 Å². The van der Waals surface area contributed by atoms with Crippen LogP contribution < -0.4 is 10.9 Å². The lowest BCUT2D eigenvalue weighted by Crippen LogP contribution is -2.42. The fourth-order valence-corrected chi connectivity index (χ4v) is 5.24. The molecule has 2 fully saturated rings. The molecule has 0 bridgehead atoms. The number of nitrogens with one attached hydrogen (secondary N) is 1. The topological polar surface area (TPSA) is 51.3 Å². The zero-order valence-corrected chi connectivity index (χ0v) is 17.8. The third kappa shape index (κ3) is 3.00. The SMILES string of the molecule is Cc1cn2cc(-c3cc(F)c4c(=O)n(C5CCNC6(CC6)C5)ccc4c3)cc(C)c2n1. The van der Waals surface area contributed by atoms with Crippen LogP contribution in [0.2, 0.25) is 0 Å². The van der Waals surface area contributed by atoms with Crippen molar-refractivity contribution in [1.82, 2.24) is 19.3 Å². The normalized spacial score (nSPS) is 20.0. The Morgan fingerprint density at radius 1 is 1.16 bits per heavy atom. The van der Waals surface area contributed by atoms with Gasteiger partial charge in [0.1, 0.15) is 11.5 Å². The first-order chi connectivity index (χ1) is 14.9. The molecule has 0 radical (unpaired) electrons. The van der Waals surface area contributed by atoms with E-state index in [1.807, 2.05) is 55.0 Å². The summed E-state index contributed by atoms with van der Waals surface area (Å²) < 4.78 is 19.0. The molecular formula is C25H25FN4O. The molecule has 0 amide bonds. The zero-order valence-electron chi connectivity index (χ0n) is 17.8. The van der Waals surface area contributed by atoms with Gasteiger partial charge >= 0.3 is 0 Å². The standard InChI is InChI=1S/C25H25FN4O/c1-15-9-19(14-29-13-16(2)28-23(15)29)18-10-17-4-8-30(24(31)22(17)21(26)11-18)20-3-7-27-25(12-20)5-6-25/h4,8-11,13-14,20,27H,3,5-7,12H2,1-2H3. The van der Waals surface area contributed by atoms with Crippen molar-refractivity contribution in [2.45, 2.75) is 51.1 Å². The van der Waals surface area contributed by atoms with Gasteiger partial charge in [0.15, 0.2) is 0 Å². The Morgan fingerprint density at radius 2 is 2.00 bits per heavy atom. The molecule has 4 aromatic rings. The summed E-state index contributed by atoms with van der Waals surface area (Å²) in [5.41, 5.74) is 4.53. The van der Waals surface area contributed by atoms with Crippen LogP contribution in [-0.4, -0.2) is 26.0 Å². The summed E-state index contributed by atoms with van der Waals surface area (Å²) in [5, 5.41) is 4.42. The first-order valence-electron chi connectivity index (χ1n) is 11.0. The van der Waals surface area contributed by atoms with Crippen molar-refractivity contribution in [3.8, 4) is 11.1 Å². The molecule has 1 aliphatic carbocycles. The van der Waals surface area contributed by atoms with Crippen LogP contribution in [0, 0.1) is 19.7 Å². The van der Waals surface area contributed by atoms with E-state index >= 15 is 4.39 Å². The smallest absolute Gasteiger partial charge is 0.261 e. The van der Waals surface area contributed by atoms with Crippen LogP contribution in [0.25, 0.3) is 27.5 Å². The fraction of sp³-hybridized carbons (Fsp3) is 0.360. The van der Waals surface area contributed by atoms with Crippen LogP contribution in [0.5, 0.6) is 0 Å². The molecule has 1 saturated carbocycles. The van der Waals surface area contributed by atoms with Gasteiger partial charge in [-0.25, -0.2) is 9.37 Å². The maximum atomic E-state index is 15.3. The number of benzene rings is 1. The number of halogens is 1. The van der Waals surface area contributed by atoms with Gasteiger partial charge in [-0.1, -0.05) is 0 Å². The van der Waals surface area contributed by atoms with E-state index in [-0.39, 0.29) is 22.5 Å². The number of hydrogen-bond donors (Lipinski definition) is 1. The zero-order chi connectivity index (χ0) is 21.3. The van der Waals surface area contributed by atoms with Crippen molar-refractivity contribution in [1.29, 1.82) is 0 Å². The van der Waals surface area contributed by atoms with E-state index in [1.165, 1.54) is 18.9 Å². The third-order valence-electron chi connectivity index (χ3n) is 7.02. The Hall–Kier alpha value is -2.99. The average Bonchev–Trinajstić information content (AvgIpc) is 3.35. The van der Waals surface area contributed by atoms with Crippen LogP contribution in [0.15, 0.2) is 47.7 Å². The molecule has 1 N–H and O–H groups in total. The van der Waals surface area contributed by atoms with Crippen molar-refractivity contribution in [3.63, 3.8) is 0 Å². The molecule has 158 valence electrons. The van der Waals surface area contributed by atoms with Gasteiger partial charge in [-0.15, -0.1) is 0 Å². The van der Waals surface area contributed by atoms with E-state index in [0.29, 0.717) is 5.39 Å². The predicted molar refractivity (Wildman–Crippen MR) is 120 cm³/mol. The fourth-order valence-electron chi connectivity index (χ4n) is 5.24. The summed E-state index contributed by atoms with van der Waals surface area (Å²) in [6, 6.07) is 7.45. The highest BCUT2D eigenvalue weighted by molar-refractivity contribution is 5.87. The van der Waals surface area contributed by atoms with Crippen LogP contribution in [0.1, 0.15) is 43.0 Å². The molecule has 1 atom stereocenters. The largest absolute Gasteiger partial charge is 0.312 e. The molecule has 6 heteroatoms. The van der Waals surface area contributed by atoms with Gasteiger partial charge < -0.3 is 14.3 Å². The average molecular weight is 417 g/mol. The van der Waals surface area contributed by atoms with E-state index in [2.05, 4.69) is 10.3 Å². The van der Waals surface area contributed by atoms with Crippen LogP contribution in [-0.2, 0) is 0 Å². The maximum Gasteiger partial charge on any atom is 0.261 e. The second-order valence-corrected chi connectivity index (χ2v) is 9.33. The minimum absolute atomic E-state index is 0.134. The maximum absolute atomic E-state index is 15.3. The van der Waals surface area contributed by atoms with Crippen LogP contribution in [0.3, 0.4) is 0 Å². The number of piperidine rings is 1. The minimum Gasteiger partial charge on any atom is -0.312 e. The van der Waals surface area contributed by atoms with Gasteiger partial charge in [0.25, 0.3) is 5.56 Å². The van der Waals surface area contributed by atoms with E-state index in [1.54, 1.807) is 4.57 Å². The van der Waals surface area contributed by atoms with Crippen LogP contribution >= 0.6 is 0 Å². The van der Waals surface area contributed by atoms with Gasteiger partial charge in [0, 0.05) is 30.2 Å². The van der Waals surface area contributed by atoms with Crippen molar-refractivity contribution in [2.24, 2.45) is 0 Å². The summed E-state index contributed by atoms with van der Waals surface area (Å²) >= 11 is 0. The summed E-state index contributed by atoms with van der Waals surface area (Å²) in [6.07, 6.45) is 9.97. The molecule has 1 spiro atoms. The van der Waals surface area contributed by atoms with Crippen molar-refractivity contribution in [3.05, 3.63) is 70.3 Å². The number of pyridine rings is 2. The molecule has 1 unspecified atom stereocenters. The first kappa shape index (κ1) is 18.8. The summed E-state index contributed by atoms with van der Waals surface area (Å²) in [7, 11) is 0. The van der Waals surface area contributed by atoms with E-state index in [4.69, 9.17) is 0 Å². The van der Waals surface area contributed by atoms with Gasteiger partial charge in [-0.3, -0.25) is 4.79 Å². The molecule has 3 aromatic heterocycles. The minimum atomic E-state index is -0.457. The molecule has 31 heavy (non-hydrogen) atoms. The Morgan fingerprint density at radius 3 is 2.81 bits per heavy atom. The number of hydrogen-bond acceptors (Lipinski definition) is 3. The Kier molecular flexibility index (Phi) is 3.93. The lowest BCUT2D eigenvalue weighted by molar-refractivity contribution is 0.282. The van der Waals surface area contributed by atoms with Crippen molar-refractivity contribution >= 4 is 16.4 Å². The highest BCUT2D eigenvalue weighted by atomic mass is 19.1. The van der Waals surface area contributed by atoms with Gasteiger partial charge in [0.2, 0.25) is 0 Å². The predicted octanol–water partition coefficient (Wildman–Crippen LogP) is 4.53. The quantitative estimate of drug-likeness (QED) is 0.522. The number of aromatic nitrogens is 3. The number of nitrogens with zero attached hydrogens (tertiary/aromatic N) is 3. The third-order valence-corrected chi connectivity index (χ3v) is 7.02. The monoisotopic (exact) mass is 416 g/mol. The van der Waals surface area contributed by atoms with E-state index in [9.17, 15) is 4.79 Å². The summed E-state index contributed by atoms with van der Waals surface area (Å²) in [4.78, 5) is 17.8. The lowest BCUT2D eigenvalue weighted by atomic mass is 9.96. The molecule has 1 saturated heterocycles. The van der Waals surface area contributed by atoms with Crippen molar-refractivity contribution < 1.29 is 4.39 Å². The molecule has 1 aromatic carbocycles. The van der Waals surface area contributed by atoms with Crippen molar-refractivity contribution in [2.75, 3.05) is 6.54 Å². The lowest BCUT2D eigenvalue weighted by Gasteiger charge is -2.31. The highest BCUT2D eigenvalue weighted by Crippen LogP contribution is 2.45. The number of fused-ring (bicyclic) bond motifs is 2. The van der Waals surface area contributed by atoms with E-state index < -0.39 is 5.82 Å². The number of aryl methyl sites for hydroxylation is 2. The van der Waals surface area contributed by atoms with Crippen LogP contribution in [0.4, 0.5) is 4.39 Å². The molecular weight excluding hydrogens is 391 g/mol. The number of rotatable bonds is 2. The van der Waals surface area contributed by atoms with Gasteiger partial charge in [0.05, 0.1) is 11.1 Å². The Labute approximate surface area is 179 Å². The first-order valence-corrected chi connectivity index (χ1v) is 11.0. The molecule has 4 heterocycles.